The van der Waals surface area contributed by atoms with Gasteiger partial charge in [0.05, 0.1) is 6.61 Å². The van der Waals surface area contributed by atoms with Gasteiger partial charge in [0.1, 0.15) is 0 Å². The summed E-state index contributed by atoms with van der Waals surface area (Å²) in [5.74, 6) is 3.72. The van der Waals surface area contributed by atoms with Crippen molar-refractivity contribution in [2.45, 2.75) is 90.1 Å². The lowest BCUT2D eigenvalue weighted by molar-refractivity contribution is 0.118. The average molecular weight is 369 g/mol. The number of benzene rings is 1. The highest BCUT2D eigenvalue weighted by atomic mass is 16.5. The van der Waals surface area contributed by atoms with Crippen molar-refractivity contribution in [1.29, 1.82) is 0 Å². The second kappa shape index (κ2) is 11.1. The molecule has 27 heavy (non-hydrogen) atoms. The van der Waals surface area contributed by atoms with Gasteiger partial charge in [0.2, 0.25) is 0 Å². The Labute approximate surface area is 167 Å². The van der Waals surface area contributed by atoms with E-state index >= 15 is 0 Å². The fourth-order valence-corrected chi connectivity index (χ4v) is 5.38. The molecule has 0 bridgehead atoms. The average Bonchev–Trinajstić information content (AvgIpc) is 2.73. The third kappa shape index (κ3) is 6.21. The molecule has 2 aliphatic carbocycles. The van der Waals surface area contributed by atoms with E-state index in [-0.39, 0.29) is 0 Å². The smallest absolute Gasteiger partial charge is 0.0716 e. The Balaban J connectivity index is 1.40. The highest BCUT2D eigenvalue weighted by Crippen LogP contribution is 2.44. The maximum absolute atomic E-state index is 5.74. The number of hydrogen-bond acceptors (Lipinski definition) is 1. The first-order chi connectivity index (χ1) is 13.3. The van der Waals surface area contributed by atoms with Gasteiger partial charge in [-0.15, -0.1) is 6.58 Å². The molecule has 0 atom stereocenters. The molecule has 0 spiro atoms. The van der Waals surface area contributed by atoms with Gasteiger partial charge in [0, 0.05) is 6.61 Å². The maximum Gasteiger partial charge on any atom is 0.0716 e. The molecule has 0 heterocycles. The number of unbranched alkanes of at least 4 members (excludes halogenated alkanes) is 1. The van der Waals surface area contributed by atoms with Crippen LogP contribution in [-0.4, -0.2) is 6.61 Å². The minimum Gasteiger partial charge on any atom is -0.377 e. The van der Waals surface area contributed by atoms with Crippen molar-refractivity contribution < 1.29 is 4.74 Å². The van der Waals surface area contributed by atoms with Crippen molar-refractivity contribution in [3.05, 3.63) is 48.0 Å². The Hall–Kier alpha value is -1.08. The van der Waals surface area contributed by atoms with Gasteiger partial charge in [0.15, 0.2) is 0 Å². The number of rotatable bonds is 9. The summed E-state index contributed by atoms with van der Waals surface area (Å²) < 4.78 is 5.74. The zero-order chi connectivity index (χ0) is 18.9. The Morgan fingerprint density at radius 1 is 0.926 bits per heavy atom. The monoisotopic (exact) mass is 368 g/mol. The van der Waals surface area contributed by atoms with Crippen LogP contribution in [0, 0.1) is 17.8 Å². The second-order valence-corrected chi connectivity index (χ2v) is 9.06. The summed E-state index contributed by atoms with van der Waals surface area (Å²) in [6.07, 6.45) is 17.2. The highest BCUT2D eigenvalue weighted by molar-refractivity contribution is 5.25. The molecule has 0 aromatic heterocycles. The first-order valence-corrected chi connectivity index (χ1v) is 11.6. The van der Waals surface area contributed by atoms with Crippen LogP contribution in [0.3, 0.4) is 0 Å². The predicted octanol–water partition coefficient (Wildman–Crippen LogP) is 7.66. The fraction of sp³-hybridized carbons (Fsp3) is 0.692. The zero-order valence-corrected chi connectivity index (χ0v) is 17.5. The van der Waals surface area contributed by atoms with Gasteiger partial charge < -0.3 is 4.74 Å². The van der Waals surface area contributed by atoms with Crippen LogP contribution in [-0.2, 0) is 11.3 Å². The maximum atomic E-state index is 5.74. The molecular formula is C26H40O. The lowest BCUT2D eigenvalue weighted by atomic mass is 9.68. The van der Waals surface area contributed by atoms with E-state index in [2.05, 4.69) is 43.8 Å². The summed E-state index contributed by atoms with van der Waals surface area (Å²) in [7, 11) is 0. The minimum absolute atomic E-state index is 0.765. The van der Waals surface area contributed by atoms with Gasteiger partial charge in [-0.2, -0.15) is 0 Å². The van der Waals surface area contributed by atoms with Gasteiger partial charge in [-0.25, -0.2) is 0 Å². The Kier molecular flexibility index (Phi) is 8.45. The molecule has 0 radical (unpaired) electrons. The van der Waals surface area contributed by atoms with Crippen LogP contribution in [0.15, 0.2) is 36.9 Å². The molecular weight excluding hydrogens is 328 g/mol. The van der Waals surface area contributed by atoms with Gasteiger partial charge in [-0.3, -0.25) is 0 Å². The van der Waals surface area contributed by atoms with Crippen molar-refractivity contribution in [3.8, 4) is 0 Å². The van der Waals surface area contributed by atoms with E-state index in [4.69, 9.17) is 4.74 Å². The van der Waals surface area contributed by atoms with E-state index in [1.807, 2.05) is 0 Å². The zero-order valence-electron chi connectivity index (χ0n) is 17.5. The fourth-order valence-electron chi connectivity index (χ4n) is 5.38. The predicted molar refractivity (Wildman–Crippen MR) is 116 cm³/mol. The summed E-state index contributed by atoms with van der Waals surface area (Å²) in [6, 6.07) is 9.30. The topological polar surface area (TPSA) is 9.23 Å². The minimum atomic E-state index is 0.765. The van der Waals surface area contributed by atoms with Gasteiger partial charge in [-0.1, -0.05) is 43.7 Å². The number of ether oxygens (including phenoxy) is 1. The SMILES string of the molecule is C=CC[C@H]1CC[C@H](C2CCC(c3ccc(COCCCC)cc3)CC2)CC1. The number of allylic oxidation sites excluding steroid dienone is 1. The van der Waals surface area contributed by atoms with E-state index in [0.29, 0.717) is 0 Å². The van der Waals surface area contributed by atoms with Crippen LogP contribution in [0.1, 0.15) is 94.6 Å². The lowest BCUT2D eigenvalue weighted by Gasteiger charge is -2.38. The van der Waals surface area contributed by atoms with Crippen molar-refractivity contribution in [2.24, 2.45) is 17.8 Å². The Bertz CT molecular complexity index is 530. The van der Waals surface area contributed by atoms with E-state index in [0.717, 1.165) is 43.3 Å². The highest BCUT2D eigenvalue weighted by Gasteiger charge is 2.30. The summed E-state index contributed by atoms with van der Waals surface area (Å²) in [4.78, 5) is 0. The molecule has 1 aromatic rings. The number of hydrogen-bond donors (Lipinski definition) is 0. The standard InChI is InChI=1S/C26H40O/c1-3-5-19-27-20-22-9-13-24(14-10-22)26-17-15-25(16-18-26)23-11-7-21(6-4-2)8-12-23/h4,9-10,13-14,21,23,25-26H,2-3,5-8,11-12,15-20H2,1H3/t21-,23-,25?,26?. The van der Waals surface area contributed by atoms with E-state index in [1.54, 1.807) is 5.56 Å². The summed E-state index contributed by atoms with van der Waals surface area (Å²) in [5.41, 5.74) is 2.88. The molecule has 0 amide bonds. The van der Waals surface area contributed by atoms with E-state index in [9.17, 15) is 0 Å². The summed E-state index contributed by atoms with van der Waals surface area (Å²) >= 11 is 0. The van der Waals surface area contributed by atoms with Crippen molar-refractivity contribution in [3.63, 3.8) is 0 Å². The van der Waals surface area contributed by atoms with Crippen molar-refractivity contribution in [1.82, 2.24) is 0 Å². The van der Waals surface area contributed by atoms with Crippen LogP contribution >= 0.6 is 0 Å². The van der Waals surface area contributed by atoms with Crippen LogP contribution < -0.4 is 0 Å². The van der Waals surface area contributed by atoms with Crippen LogP contribution in [0.2, 0.25) is 0 Å². The van der Waals surface area contributed by atoms with Crippen LogP contribution in [0.5, 0.6) is 0 Å². The third-order valence-corrected chi connectivity index (χ3v) is 7.19. The molecule has 1 nitrogen and oxygen atoms in total. The summed E-state index contributed by atoms with van der Waals surface area (Å²) in [5, 5.41) is 0. The molecule has 0 aliphatic heterocycles. The Morgan fingerprint density at radius 2 is 1.56 bits per heavy atom. The summed E-state index contributed by atoms with van der Waals surface area (Å²) in [6.45, 7) is 7.78. The molecule has 150 valence electrons. The molecule has 1 aromatic carbocycles. The lowest BCUT2D eigenvalue weighted by Crippen LogP contribution is -2.25. The molecule has 2 saturated carbocycles. The van der Waals surface area contributed by atoms with Crippen LogP contribution in [0.25, 0.3) is 0 Å². The quantitative estimate of drug-likeness (QED) is 0.321. The molecule has 2 aliphatic rings. The first-order valence-electron chi connectivity index (χ1n) is 11.6. The van der Waals surface area contributed by atoms with E-state index < -0.39 is 0 Å². The third-order valence-electron chi connectivity index (χ3n) is 7.19. The van der Waals surface area contributed by atoms with Gasteiger partial charge in [-0.05, 0) is 99.0 Å². The van der Waals surface area contributed by atoms with Gasteiger partial charge >= 0.3 is 0 Å². The second-order valence-electron chi connectivity index (χ2n) is 9.06. The molecule has 0 N–H and O–H groups in total. The largest absolute Gasteiger partial charge is 0.377 e. The van der Waals surface area contributed by atoms with Crippen molar-refractivity contribution in [2.75, 3.05) is 6.61 Å². The van der Waals surface area contributed by atoms with Gasteiger partial charge in [0.25, 0.3) is 0 Å². The molecule has 1 heteroatoms. The molecule has 3 rings (SSSR count). The molecule has 2 fully saturated rings. The molecule has 0 saturated heterocycles. The molecule has 0 unspecified atom stereocenters. The first kappa shape index (κ1) is 20.6. The van der Waals surface area contributed by atoms with E-state index in [1.165, 1.54) is 69.8 Å². The van der Waals surface area contributed by atoms with Crippen molar-refractivity contribution >= 4 is 0 Å². The normalized spacial score (nSPS) is 28.8. The van der Waals surface area contributed by atoms with Crippen LogP contribution in [0.4, 0.5) is 0 Å². The Morgan fingerprint density at radius 3 is 2.15 bits per heavy atom.